The Morgan fingerprint density at radius 2 is 2.21 bits per heavy atom. The molecular weight excluding hydrogens is 270 g/mol. The molecule has 1 aromatic carbocycles. The topological polar surface area (TPSA) is 12.0 Å². The van der Waals surface area contributed by atoms with Crippen LogP contribution in [-0.2, 0) is 12.8 Å². The summed E-state index contributed by atoms with van der Waals surface area (Å²) in [6.45, 7) is 3.25. The summed E-state index contributed by atoms with van der Waals surface area (Å²) in [5.74, 6) is 0. The highest BCUT2D eigenvalue weighted by molar-refractivity contribution is 8.00. The van der Waals surface area contributed by atoms with Gasteiger partial charge in [-0.05, 0) is 53.4 Å². The molecule has 1 aliphatic rings. The maximum atomic E-state index is 3.68. The molecule has 100 valence electrons. The molecular formula is C16H19NS2. The van der Waals surface area contributed by atoms with Crippen LogP contribution in [0, 0.1) is 0 Å². The fourth-order valence-electron chi connectivity index (χ4n) is 2.69. The SMILES string of the molecule is CCNC(Cc1ccsc1)C1Cc2ccccc2S1. The first kappa shape index (κ1) is 13.2. The zero-order valence-corrected chi connectivity index (χ0v) is 12.8. The van der Waals surface area contributed by atoms with Crippen LogP contribution in [0.5, 0.6) is 0 Å². The molecule has 1 N–H and O–H groups in total. The molecule has 1 aliphatic heterocycles. The van der Waals surface area contributed by atoms with Gasteiger partial charge in [0.2, 0.25) is 0 Å². The highest BCUT2D eigenvalue weighted by atomic mass is 32.2. The first-order valence-electron chi connectivity index (χ1n) is 6.86. The second kappa shape index (κ2) is 6.12. The summed E-state index contributed by atoms with van der Waals surface area (Å²) in [7, 11) is 0. The molecule has 3 heteroatoms. The number of hydrogen-bond donors (Lipinski definition) is 1. The molecule has 2 atom stereocenters. The first-order chi connectivity index (χ1) is 9.36. The van der Waals surface area contributed by atoms with E-state index in [4.69, 9.17) is 0 Å². The molecule has 0 amide bonds. The Morgan fingerprint density at radius 1 is 1.32 bits per heavy atom. The standard InChI is InChI=1S/C16H19NS2/c1-2-17-14(9-12-7-8-18-11-12)16-10-13-5-3-4-6-15(13)19-16/h3-8,11,14,16-17H,2,9-10H2,1H3. The smallest absolute Gasteiger partial charge is 0.0292 e. The van der Waals surface area contributed by atoms with Crippen molar-refractivity contribution in [2.24, 2.45) is 0 Å². The van der Waals surface area contributed by atoms with E-state index >= 15 is 0 Å². The third kappa shape index (κ3) is 3.04. The third-order valence-corrected chi connectivity index (χ3v) is 5.81. The lowest BCUT2D eigenvalue weighted by molar-refractivity contribution is 0.506. The highest BCUT2D eigenvalue weighted by Crippen LogP contribution is 2.39. The molecule has 0 aliphatic carbocycles. The van der Waals surface area contributed by atoms with Crippen molar-refractivity contribution in [1.82, 2.24) is 5.32 Å². The number of likely N-dealkylation sites (N-methyl/N-ethyl adjacent to an activating group) is 1. The summed E-state index contributed by atoms with van der Waals surface area (Å²) in [6.07, 6.45) is 2.34. The summed E-state index contributed by atoms with van der Waals surface area (Å²) >= 11 is 3.84. The lowest BCUT2D eigenvalue weighted by Crippen LogP contribution is -2.39. The largest absolute Gasteiger partial charge is 0.313 e. The number of fused-ring (bicyclic) bond motifs is 1. The van der Waals surface area contributed by atoms with E-state index in [0.29, 0.717) is 11.3 Å². The second-order valence-corrected chi connectivity index (χ2v) is 7.03. The van der Waals surface area contributed by atoms with Gasteiger partial charge in [0.15, 0.2) is 0 Å². The van der Waals surface area contributed by atoms with Crippen molar-refractivity contribution >= 4 is 23.1 Å². The lowest BCUT2D eigenvalue weighted by Gasteiger charge is -2.23. The lowest BCUT2D eigenvalue weighted by atomic mass is 10.0. The van der Waals surface area contributed by atoms with Gasteiger partial charge in [-0.2, -0.15) is 11.3 Å². The molecule has 2 heterocycles. The fourth-order valence-corrected chi connectivity index (χ4v) is 4.78. The van der Waals surface area contributed by atoms with Gasteiger partial charge in [0.05, 0.1) is 0 Å². The zero-order chi connectivity index (χ0) is 13.1. The van der Waals surface area contributed by atoms with Crippen LogP contribution in [0.4, 0.5) is 0 Å². The Bertz CT molecular complexity index is 496. The van der Waals surface area contributed by atoms with Crippen molar-refractivity contribution in [3.63, 3.8) is 0 Å². The molecule has 3 rings (SSSR count). The molecule has 0 bridgehead atoms. The summed E-state index contributed by atoms with van der Waals surface area (Å²) in [5, 5.41) is 8.80. The Labute approximate surface area is 123 Å². The number of rotatable bonds is 5. The Balaban J connectivity index is 1.72. The molecule has 0 spiro atoms. The molecule has 19 heavy (non-hydrogen) atoms. The minimum atomic E-state index is 0.567. The monoisotopic (exact) mass is 289 g/mol. The summed E-state index contributed by atoms with van der Waals surface area (Å²) < 4.78 is 0. The normalized spacial score (nSPS) is 19.3. The second-order valence-electron chi connectivity index (χ2n) is 4.97. The van der Waals surface area contributed by atoms with Gasteiger partial charge < -0.3 is 5.32 Å². The van der Waals surface area contributed by atoms with Crippen molar-refractivity contribution in [3.8, 4) is 0 Å². The average molecular weight is 289 g/mol. The molecule has 0 fully saturated rings. The van der Waals surface area contributed by atoms with Gasteiger partial charge in [-0.25, -0.2) is 0 Å². The van der Waals surface area contributed by atoms with Crippen molar-refractivity contribution < 1.29 is 0 Å². The van der Waals surface area contributed by atoms with Gasteiger partial charge in [-0.1, -0.05) is 25.1 Å². The van der Waals surface area contributed by atoms with Gasteiger partial charge in [-0.15, -0.1) is 11.8 Å². The fraction of sp³-hybridized carbons (Fsp3) is 0.375. The van der Waals surface area contributed by atoms with E-state index in [-0.39, 0.29) is 0 Å². The maximum Gasteiger partial charge on any atom is 0.0292 e. The van der Waals surface area contributed by atoms with Crippen LogP contribution < -0.4 is 5.32 Å². The molecule has 1 nitrogen and oxygen atoms in total. The van der Waals surface area contributed by atoms with Crippen LogP contribution in [0.3, 0.4) is 0 Å². The predicted octanol–water partition coefficient (Wildman–Crippen LogP) is 3.99. The summed E-state index contributed by atoms with van der Waals surface area (Å²) in [6, 6.07) is 11.7. The van der Waals surface area contributed by atoms with E-state index in [0.717, 1.165) is 13.0 Å². The van der Waals surface area contributed by atoms with Crippen LogP contribution in [0.15, 0.2) is 46.0 Å². The Kier molecular flexibility index (Phi) is 4.26. The Morgan fingerprint density at radius 3 is 2.95 bits per heavy atom. The van der Waals surface area contributed by atoms with Crippen LogP contribution in [0.1, 0.15) is 18.1 Å². The molecule has 1 aromatic heterocycles. The number of benzene rings is 1. The summed E-state index contributed by atoms with van der Waals surface area (Å²) in [5.41, 5.74) is 2.98. The maximum absolute atomic E-state index is 3.68. The third-order valence-electron chi connectivity index (χ3n) is 3.62. The minimum Gasteiger partial charge on any atom is -0.313 e. The molecule has 0 saturated heterocycles. The van der Waals surface area contributed by atoms with Crippen LogP contribution >= 0.6 is 23.1 Å². The van der Waals surface area contributed by atoms with Crippen molar-refractivity contribution in [2.75, 3.05) is 6.54 Å². The van der Waals surface area contributed by atoms with Crippen molar-refractivity contribution in [1.29, 1.82) is 0 Å². The minimum absolute atomic E-state index is 0.567. The highest BCUT2D eigenvalue weighted by Gasteiger charge is 2.28. The molecule has 0 saturated carbocycles. The van der Waals surface area contributed by atoms with E-state index in [9.17, 15) is 0 Å². The van der Waals surface area contributed by atoms with Gasteiger partial charge in [0, 0.05) is 16.2 Å². The van der Waals surface area contributed by atoms with E-state index in [1.807, 2.05) is 11.8 Å². The molecule has 0 radical (unpaired) electrons. The van der Waals surface area contributed by atoms with E-state index in [1.54, 1.807) is 11.3 Å². The van der Waals surface area contributed by atoms with Gasteiger partial charge in [0.25, 0.3) is 0 Å². The van der Waals surface area contributed by atoms with E-state index in [1.165, 1.54) is 22.4 Å². The zero-order valence-electron chi connectivity index (χ0n) is 11.1. The molecule has 2 unspecified atom stereocenters. The first-order valence-corrected chi connectivity index (χ1v) is 8.68. The average Bonchev–Trinajstić information content (AvgIpc) is 3.06. The van der Waals surface area contributed by atoms with E-state index in [2.05, 4.69) is 53.3 Å². The molecule has 2 aromatic rings. The van der Waals surface area contributed by atoms with Gasteiger partial charge in [-0.3, -0.25) is 0 Å². The summed E-state index contributed by atoms with van der Waals surface area (Å²) in [4.78, 5) is 1.47. The number of thioether (sulfide) groups is 1. The van der Waals surface area contributed by atoms with Gasteiger partial charge >= 0.3 is 0 Å². The predicted molar refractivity (Wildman–Crippen MR) is 85.3 cm³/mol. The Hall–Kier alpha value is -0.770. The van der Waals surface area contributed by atoms with Gasteiger partial charge in [0.1, 0.15) is 0 Å². The van der Waals surface area contributed by atoms with Crippen LogP contribution in [0.2, 0.25) is 0 Å². The van der Waals surface area contributed by atoms with Crippen molar-refractivity contribution in [3.05, 3.63) is 52.2 Å². The van der Waals surface area contributed by atoms with Crippen LogP contribution in [0.25, 0.3) is 0 Å². The van der Waals surface area contributed by atoms with Crippen molar-refractivity contribution in [2.45, 2.75) is 36.0 Å². The number of nitrogens with one attached hydrogen (secondary N) is 1. The number of hydrogen-bond acceptors (Lipinski definition) is 3. The van der Waals surface area contributed by atoms with Crippen LogP contribution in [-0.4, -0.2) is 17.8 Å². The van der Waals surface area contributed by atoms with E-state index < -0.39 is 0 Å². The quantitative estimate of drug-likeness (QED) is 0.893. The number of thiophene rings is 1.